The molecule has 0 saturated carbocycles. The fourth-order valence-electron chi connectivity index (χ4n) is 0. The van der Waals surface area contributed by atoms with Crippen LogP contribution in [-0.4, -0.2) is 59.4 Å². The average Bonchev–Trinajstić information content (AvgIpc) is 1.35. The van der Waals surface area contributed by atoms with Crippen molar-refractivity contribution < 1.29 is 28.4 Å². The van der Waals surface area contributed by atoms with E-state index >= 15 is 0 Å². The molecule has 0 fully saturated rings. The Bertz CT molecular complexity index is 41.4. The summed E-state index contributed by atoms with van der Waals surface area (Å²) in [6.07, 6.45) is 0. The first kappa shape index (κ1) is 11.6. The summed E-state index contributed by atoms with van der Waals surface area (Å²) in [6.45, 7) is 0. The Labute approximate surface area is 86.4 Å². The van der Waals surface area contributed by atoms with E-state index in [0.29, 0.717) is 0 Å². The molecule has 4 nitrogen and oxygen atoms in total. The molecule has 0 spiro atoms. The van der Waals surface area contributed by atoms with Gasteiger partial charge in [0.05, 0.1) is 10.2 Å². The van der Waals surface area contributed by atoms with Gasteiger partial charge >= 0.3 is 59.4 Å². The third kappa shape index (κ3) is 11.4. The van der Waals surface area contributed by atoms with Crippen LogP contribution < -0.4 is 14.0 Å². The van der Waals surface area contributed by atoms with E-state index in [9.17, 15) is 14.0 Å². The van der Waals surface area contributed by atoms with Crippen LogP contribution in [0.5, 0.6) is 0 Å². The molecular formula is H3BClKO4. The second kappa shape index (κ2) is 4.69. The SMILES string of the molecule is BO[Cl+3]([O-])([O-])[O-].[KH]. The predicted octanol–water partition coefficient (Wildman–Crippen LogP) is -5.20. The van der Waals surface area contributed by atoms with Gasteiger partial charge in [-0.3, -0.25) is 0 Å². The number of rotatable bonds is 1. The summed E-state index contributed by atoms with van der Waals surface area (Å²) in [7, 11) is -3.38. The summed E-state index contributed by atoms with van der Waals surface area (Å²) in [5.74, 6) is 0. The molecule has 7 heavy (non-hydrogen) atoms. The Kier molecular flexibility index (Phi) is 7.77. The number of hydrogen-bond donors (Lipinski definition) is 0. The zero-order chi connectivity index (χ0) is 5.21. The van der Waals surface area contributed by atoms with Crippen LogP contribution in [0.3, 0.4) is 0 Å². The van der Waals surface area contributed by atoms with Gasteiger partial charge in [-0.25, -0.2) is 0 Å². The second-order valence-electron chi connectivity index (χ2n) is 0.532. The molecule has 0 unspecified atom stereocenters. The molecule has 0 radical (unpaired) electrons. The minimum absolute atomic E-state index is 0. The fourth-order valence-corrected chi connectivity index (χ4v) is 0. The third-order valence-corrected chi connectivity index (χ3v) is 0.567. The molecule has 0 atom stereocenters. The Morgan fingerprint density at radius 3 is 1.43 bits per heavy atom. The third-order valence-electron chi connectivity index (χ3n) is 0.189. The molecule has 38 valence electrons. The molecule has 0 aromatic rings. The van der Waals surface area contributed by atoms with Crippen molar-refractivity contribution in [2.24, 2.45) is 0 Å². The summed E-state index contributed by atoms with van der Waals surface area (Å²) in [5.41, 5.74) is 0. The molecule has 0 bridgehead atoms. The van der Waals surface area contributed by atoms with Gasteiger partial charge < -0.3 is 0 Å². The van der Waals surface area contributed by atoms with Gasteiger partial charge in [-0.2, -0.15) is 14.0 Å². The van der Waals surface area contributed by atoms with Crippen molar-refractivity contribution in [3.05, 3.63) is 0 Å². The molecule has 0 aliphatic heterocycles. The van der Waals surface area contributed by atoms with Crippen LogP contribution in [0.4, 0.5) is 0 Å². The van der Waals surface area contributed by atoms with Gasteiger partial charge in [-0.05, 0) is 4.21 Å². The Morgan fingerprint density at radius 2 is 1.43 bits per heavy atom. The summed E-state index contributed by atoms with van der Waals surface area (Å²) in [6, 6.07) is 0. The van der Waals surface area contributed by atoms with Gasteiger partial charge in [0.25, 0.3) is 0 Å². The van der Waals surface area contributed by atoms with E-state index in [1.54, 1.807) is 0 Å². The maximum atomic E-state index is 9.19. The Morgan fingerprint density at radius 1 is 1.29 bits per heavy atom. The topological polar surface area (TPSA) is 78.4 Å². The Hall–Kier alpha value is 1.83. The van der Waals surface area contributed by atoms with Gasteiger partial charge in [0.2, 0.25) is 0 Å². The van der Waals surface area contributed by atoms with Crippen LogP contribution >= 0.6 is 0 Å². The summed E-state index contributed by atoms with van der Waals surface area (Å²) >= 11 is 0. The molecule has 0 N–H and O–H groups in total. The molecule has 0 heterocycles. The van der Waals surface area contributed by atoms with Crippen molar-refractivity contribution >= 4 is 59.4 Å². The zero-order valence-electron chi connectivity index (χ0n) is 3.01. The molecule has 0 amide bonds. The van der Waals surface area contributed by atoms with Crippen molar-refractivity contribution in [3.63, 3.8) is 0 Å². The van der Waals surface area contributed by atoms with E-state index in [0.717, 1.165) is 8.05 Å². The number of halogens is 1. The van der Waals surface area contributed by atoms with Crippen LogP contribution in [0, 0.1) is 10.2 Å². The van der Waals surface area contributed by atoms with Crippen molar-refractivity contribution in [1.29, 1.82) is 0 Å². The molecule has 0 saturated heterocycles. The monoisotopic (exact) mass is 152 g/mol. The van der Waals surface area contributed by atoms with Crippen molar-refractivity contribution in [3.8, 4) is 0 Å². The van der Waals surface area contributed by atoms with Crippen LogP contribution in [0.25, 0.3) is 0 Å². The van der Waals surface area contributed by atoms with Gasteiger partial charge in [0, 0.05) is 0 Å². The molecule has 7 heteroatoms. The van der Waals surface area contributed by atoms with Crippen LogP contribution in [0.15, 0.2) is 0 Å². The second-order valence-corrected chi connectivity index (χ2v) is 1.60. The first-order chi connectivity index (χ1) is 2.56. The molecular weight excluding hydrogens is 149 g/mol. The Balaban J connectivity index is 0. The van der Waals surface area contributed by atoms with Gasteiger partial charge in [0.1, 0.15) is 0 Å². The molecule has 0 aromatic heterocycles. The first-order valence-corrected chi connectivity index (χ1v) is 2.26. The number of hydrogen-bond acceptors (Lipinski definition) is 4. The van der Waals surface area contributed by atoms with Crippen molar-refractivity contribution in [2.45, 2.75) is 0 Å². The van der Waals surface area contributed by atoms with E-state index in [1.165, 1.54) is 0 Å². The van der Waals surface area contributed by atoms with Gasteiger partial charge in [-0.15, -0.1) is 0 Å². The molecule has 0 rings (SSSR count). The minimum atomic E-state index is -4.18. The predicted molar refractivity (Wildman–Crippen MR) is 16.8 cm³/mol. The van der Waals surface area contributed by atoms with E-state index in [4.69, 9.17) is 0 Å². The summed E-state index contributed by atoms with van der Waals surface area (Å²) < 4.78 is 30.9. The maximum absolute atomic E-state index is 9.19. The summed E-state index contributed by atoms with van der Waals surface area (Å²) in [4.78, 5) is 0. The average molecular weight is 152 g/mol. The van der Waals surface area contributed by atoms with Crippen LogP contribution in [0.1, 0.15) is 0 Å². The van der Waals surface area contributed by atoms with E-state index < -0.39 is 10.2 Å². The quantitative estimate of drug-likeness (QED) is 0.352. The van der Waals surface area contributed by atoms with Crippen molar-refractivity contribution in [1.82, 2.24) is 0 Å². The van der Waals surface area contributed by atoms with Gasteiger partial charge in [-0.1, -0.05) is 0 Å². The van der Waals surface area contributed by atoms with Crippen LogP contribution in [0.2, 0.25) is 0 Å². The molecule has 0 aliphatic carbocycles. The summed E-state index contributed by atoms with van der Waals surface area (Å²) in [5, 5.41) is 0. The van der Waals surface area contributed by atoms with E-state index in [-0.39, 0.29) is 51.4 Å². The zero-order valence-corrected chi connectivity index (χ0v) is 3.77. The standard InChI is InChI=1S/BClH2O4.K.H/c1-6-2(3,4)5;;/h1H2;;. The normalized spacial score (nSPS) is 10.1. The molecule has 0 aliphatic rings. The van der Waals surface area contributed by atoms with E-state index in [1.807, 2.05) is 0 Å². The van der Waals surface area contributed by atoms with E-state index in [2.05, 4.69) is 4.21 Å². The van der Waals surface area contributed by atoms with Crippen molar-refractivity contribution in [2.75, 3.05) is 0 Å². The molecule has 0 aromatic carbocycles. The first-order valence-electron chi connectivity index (χ1n) is 1.03. The fraction of sp³-hybridized carbons (Fsp3) is 0. The van der Waals surface area contributed by atoms with Crippen LogP contribution in [-0.2, 0) is 4.21 Å². The van der Waals surface area contributed by atoms with Gasteiger partial charge in [0.15, 0.2) is 0 Å².